The molecule has 1 fully saturated rings. The van der Waals surface area contributed by atoms with E-state index in [0.29, 0.717) is 13.1 Å². The highest BCUT2D eigenvalue weighted by Gasteiger charge is 2.30. The number of hydrogen-bond acceptors (Lipinski definition) is 3. The normalized spacial score (nSPS) is 17.1. The molecule has 1 saturated heterocycles. The van der Waals surface area contributed by atoms with Gasteiger partial charge in [-0.05, 0) is 29.3 Å². The summed E-state index contributed by atoms with van der Waals surface area (Å²) in [4.78, 5) is 29.8. The zero-order valence-electron chi connectivity index (χ0n) is 13.1. The van der Waals surface area contributed by atoms with Gasteiger partial charge in [0.2, 0.25) is 11.8 Å². The van der Waals surface area contributed by atoms with E-state index in [0.717, 1.165) is 11.1 Å². The fourth-order valence-electron chi connectivity index (χ4n) is 2.84. The van der Waals surface area contributed by atoms with Crippen molar-refractivity contribution in [2.24, 2.45) is 0 Å². The number of carbonyl (C=O) groups excluding carboxylic acids is 2. The monoisotopic (exact) mass is 327 g/mol. The average molecular weight is 327 g/mol. The number of rotatable bonds is 5. The number of halogens is 1. The Bertz CT molecular complexity index is 736. The predicted octanol–water partition coefficient (Wildman–Crippen LogP) is 1.68. The second kappa shape index (κ2) is 7.21. The molecule has 1 aliphatic rings. The molecule has 0 aliphatic carbocycles. The molecule has 1 atom stereocenters. The van der Waals surface area contributed by atoms with Crippen molar-refractivity contribution in [2.45, 2.75) is 25.4 Å². The first kappa shape index (κ1) is 16.1. The number of carbonyl (C=O) groups is 2. The van der Waals surface area contributed by atoms with E-state index in [1.165, 1.54) is 12.1 Å². The SMILES string of the molecule is O=C(Cc1cccnc1)N[C@@H]1CC(=O)N(Cc2cccc(F)c2)C1. The molecule has 1 aromatic heterocycles. The van der Waals surface area contributed by atoms with Crippen LogP contribution < -0.4 is 5.32 Å². The first-order chi connectivity index (χ1) is 11.6. The number of aromatic nitrogens is 1. The summed E-state index contributed by atoms with van der Waals surface area (Å²) in [6.45, 7) is 0.791. The van der Waals surface area contributed by atoms with E-state index < -0.39 is 0 Å². The largest absolute Gasteiger partial charge is 0.351 e. The summed E-state index contributed by atoms with van der Waals surface area (Å²) in [6, 6.07) is 9.60. The molecule has 5 nitrogen and oxygen atoms in total. The lowest BCUT2D eigenvalue weighted by atomic mass is 10.2. The van der Waals surface area contributed by atoms with Gasteiger partial charge in [-0.2, -0.15) is 0 Å². The molecule has 6 heteroatoms. The molecule has 0 saturated carbocycles. The van der Waals surface area contributed by atoms with Crippen LogP contribution in [0.15, 0.2) is 48.8 Å². The van der Waals surface area contributed by atoms with Gasteiger partial charge >= 0.3 is 0 Å². The number of benzene rings is 1. The fraction of sp³-hybridized carbons (Fsp3) is 0.278. The standard InChI is InChI=1S/C18H18FN3O2/c19-15-5-1-3-14(7-15)11-22-12-16(9-18(22)24)21-17(23)8-13-4-2-6-20-10-13/h1-7,10,16H,8-9,11-12H2,(H,21,23)/t16-/m1/s1. The van der Waals surface area contributed by atoms with Crippen LogP contribution >= 0.6 is 0 Å². The summed E-state index contributed by atoms with van der Waals surface area (Å²) in [5, 5.41) is 2.88. The Hall–Kier alpha value is -2.76. The van der Waals surface area contributed by atoms with E-state index in [9.17, 15) is 14.0 Å². The Morgan fingerprint density at radius 1 is 1.29 bits per heavy atom. The van der Waals surface area contributed by atoms with Crippen LogP contribution in [0.2, 0.25) is 0 Å². The lowest BCUT2D eigenvalue weighted by molar-refractivity contribution is -0.128. The van der Waals surface area contributed by atoms with Crippen LogP contribution in [0.25, 0.3) is 0 Å². The van der Waals surface area contributed by atoms with Crippen LogP contribution in [-0.4, -0.2) is 34.3 Å². The molecule has 124 valence electrons. The van der Waals surface area contributed by atoms with Crippen LogP contribution in [-0.2, 0) is 22.6 Å². The van der Waals surface area contributed by atoms with Crippen molar-refractivity contribution in [1.82, 2.24) is 15.2 Å². The number of pyridine rings is 1. The molecule has 1 aliphatic heterocycles. The van der Waals surface area contributed by atoms with Crippen molar-refractivity contribution >= 4 is 11.8 Å². The van der Waals surface area contributed by atoms with E-state index in [1.54, 1.807) is 35.5 Å². The summed E-state index contributed by atoms with van der Waals surface area (Å²) in [6.07, 6.45) is 3.81. The third kappa shape index (κ3) is 4.16. The number of nitrogens with one attached hydrogen (secondary N) is 1. The van der Waals surface area contributed by atoms with Crippen molar-refractivity contribution in [3.8, 4) is 0 Å². The zero-order chi connectivity index (χ0) is 16.9. The molecule has 0 bridgehead atoms. The molecule has 24 heavy (non-hydrogen) atoms. The molecule has 0 unspecified atom stereocenters. The maximum absolute atomic E-state index is 13.2. The quantitative estimate of drug-likeness (QED) is 0.909. The molecule has 1 N–H and O–H groups in total. The summed E-state index contributed by atoms with van der Waals surface area (Å²) in [5.74, 6) is -0.486. The van der Waals surface area contributed by atoms with Crippen LogP contribution in [0.1, 0.15) is 17.5 Å². The number of hydrogen-bond donors (Lipinski definition) is 1. The Morgan fingerprint density at radius 2 is 2.12 bits per heavy atom. The third-order valence-electron chi connectivity index (χ3n) is 3.93. The van der Waals surface area contributed by atoms with Crippen molar-refractivity contribution in [2.75, 3.05) is 6.54 Å². The average Bonchev–Trinajstić information content (AvgIpc) is 2.87. The molecule has 2 heterocycles. The van der Waals surface area contributed by atoms with E-state index in [2.05, 4.69) is 10.3 Å². The van der Waals surface area contributed by atoms with Gasteiger partial charge in [-0.15, -0.1) is 0 Å². The molecule has 1 aromatic carbocycles. The minimum absolute atomic E-state index is 0.0362. The van der Waals surface area contributed by atoms with Gasteiger partial charge < -0.3 is 10.2 Å². The molecular formula is C18H18FN3O2. The molecule has 2 amide bonds. The molecule has 2 aromatic rings. The van der Waals surface area contributed by atoms with Gasteiger partial charge in [-0.1, -0.05) is 18.2 Å². The summed E-state index contributed by atoms with van der Waals surface area (Å²) in [7, 11) is 0. The van der Waals surface area contributed by atoms with Crippen molar-refractivity contribution < 1.29 is 14.0 Å². The number of amides is 2. The Labute approximate surface area is 139 Å². The smallest absolute Gasteiger partial charge is 0.225 e. The highest BCUT2D eigenvalue weighted by molar-refractivity contribution is 5.83. The first-order valence-corrected chi connectivity index (χ1v) is 7.80. The van der Waals surface area contributed by atoms with E-state index in [1.807, 2.05) is 6.07 Å². The van der Waals surface area contributed by atoms with Gasteiger partial charge in [0.1, 0.15) is 5.82 Å². The highest BCUT2D eigenvalue weighted by atomic mass is 19.1. The Morgan fingerprint density at radius 3 is 2.88 bits per heavy atom. The van der Waals surface area contributed by atoms with Crippen molar-refractivity contribution in [3.05, 3.63) is 65.7 Å². The topological polar surface area (TPSA) is 62.3 Å². The molecule has 3 rings (SSSR count). The molecule has 0 spiro atoms. The number of likely N-dealkylation sites (tertiary alicyclic amines) is 1. The van der Waals surface area contributed by atoms with Crippen LogP contribution in [0.5, 0.6) is 0 Å². The lowest BCUT2D eigenvalue weighted by Gasteiger charge is -2.17. The zero-order valence-corrected chi connectivity index (χ0v) is 13.1. The van der Waals surface area contributed by atoms with Gasteiger partial charge in [-0.25, -0.2) is 4.39 Å². The van der Waals surface area contributed by atoms with Gasteiger partial charge in [0.25, 0.3) is 0 Å². The molecular weight excluding hydrogens is 309 g/mol. The van der Waals surface area contributed by atoms with Crippen molar-refractivity contribution in [3.63, 3.8) is 0 Å². The van der Waals surface area contributed by atoms with Gasteiger partial charge in [0, 0.05) is 31.9 Å². The second-order valence-corrected chi connectivity index (χ2v) is 5.91. The summed E-state index contributed by atoms with van der Waals surface area (Å²) < 4.78 is 13.2. The minimum Gasteiger partial charge on any atom is -0.351 e. The predicted molar refractivity (Wildman–Crippen MR) is 86.3 cm³/mol. The minimum atomic E-state index is -0.319. The summed E-state index contributed by atoms with van der Waals surface area (Å²) in [5.41, 5.74) is 1.57. The van der Waals surface area contributed by atoms with Crippen LogP contribution in [0, 0.1) is 5.82 Å². The second-order valence-electron chi connectivity index (χ2n) is 5.91. The fourth-order valence-corrected chi connectivity index (χ4v) is 2.84. The first-order valence-electron chi connectivity index (χ1n) is 7.80. The van der Waals surface area contributed by atoms with Gasteiger partial charge in [0.05, 0.1) is 12.5 Å². The van der Waals surface area contributed by atoms with E-state index >= 15 is 0 Å². The van der Waals surface area contributed by atoms with Crippen molar-refractivity contribution in [1.29, 1.82) is 0 Å². The van der Waals surface area contributed by atoms with Gasteiger partial charge in [0.15, 0.2) is 0 Å². The van der Waals surface area contributed by atoms with Crippen LogP contribution in [0.3, 0.4) is 0 Å². The summed E-state index contributed by atoms with van der Waals surface area (Å²) >= 11 is 0. The Kier molecular flexibility index (Phi) is 4.84. The van der Waals surface area contributed by atoms with E-state index in [-0.39, 0.29) is 36.5 Å². The van der Waals surface area contributed by atoms with Crippen LogP contribution in [0.4, 0.5) is 4.39 Å². The van der Waals surface area contributed by atoms with E-state index in [4.69, 9.17) is 0 Å². The van der Waals surface area contributed by atoms with Gasteiger partial charge in [-0.3, -0.25) is 14.6 Å². The maximum Gasteiger partial charge on any atom is 0.225 e. The highest BCUT2D eigenvalue weighted by Crippen LogP contribution is 2.16. The Balaban J connectivity index is 1.53. The number of nitrogens with zero attached hydrogens (tertiary/aromatic N) is 2. The third-order valence-corrected chi connectivity index (χ3v) is 3.93. The lowest BCUT2D eigenvalue weighted by Crippen LogP contribution is -2.37. The molecule has 0 radical (unpaired) electrons. The maximum atomic E-state index is 13.2.